The molecular formula is C18H14O7. The third-order valence-electron chi connectivity index (χ3n) is 3.40. The van der Waals surface area contributed by atoms with Crippen molar-refractivity contribution in [1.29, 1.82) is 0 Å². The van der Waals surface area contributed by atoms with Crippen LogP contribution in [0.25, 0.3) is 22.3 Å². The number of carbonyl (C=O) groups is 1. The third-order valence-corrected chi connectivity index (χ3v) is 3.40. The zero-order chi connectivity index (χ0) is 18.0. The lowest BCUT2D eigenvalue weighted by atomic mass is 10.1. The molecule has 0 amide bonds. The van der Waals surface area contributed by atoms with E-state index in [1.54, 1.807) is 6.92 Å². The molecule has 0 spiro atoms. The lowest BCUT2D eigenvalue weighted by molar-refractivity contribution is 0.104. The maximum absolute atomic E-state index is 12.3. The fraction of sp³-hybridized carbons (Fsp3) is 0.111. The van der Waals surface area contributed by atoms with Crippen molar-refractivity contribution < 1.29 is 28.9 Å². The molecule has 7 heteroatoms. The van der Waals surface area contributed by atoms with Gasteiger partial charge in [-0.05, 0) is 31.2 Å². The summed E-state index contributed by atoms with van der Waals surface area (Å²) in [6.07, 6.45) is -0.949. The molecule has 0 atom stereocenters. The summed E-state index contributed by atoms with van der Waals surface area (Å²) in [5, 5.41) is 19.5. The zero-order valence-electron chi connectivity index (χ0n) is 13.2. The van der Waals surface area contributed by atoms with Crippen molar-refractivity contribution in [1.82, 2.24) is 0 Å². The van der Waals surface area contributed by atoms with Gasteiger partial charge in [-0.15, -0.1) is 0 Å². The summed E-state index contributed by atoms with van der Waals surface area (Å²) in [6.45, 7) is 1.75. The monoisotopic (exact) mass is 342 g/mol. The predicted octanol–water partition coefficient (Wildman–Crippen LogP) is 3.41. The molecule has 0 aliphatic carbocycles. The van der Waals surface area contributed by atoms with E-state index in [-0.39, 0.29) is 46.2 Å². The maximum atomic E-state index is 12.3. The molecule has 3 rings (SSSR count). The molecular weight excluding hydrogens is 328 g/mol. The normalized spacial score (nSPS) is 10.6. The number of benzene rings is 2. The Morgan fingerprint density at radius 3 is 2.56 bits per heavy atom. The smallest absolute Gasteiger partial charge is 0.508 e. The van der Waals surface area contributed by atoms with Crippen LogP contribution < -0.4 is 10.2 Å². The van der Waals surface area contributed by atoms with Gasteiger partial charge in [0.1, 0.15) is 28.6 Å². The first-order valence-electron chi connectivity index (χ1n) is 7.43. The van der Waals surface area contributed by atoms with E-state index in [1.165, 1.54) is 42.5 Å². The summed E-state index contributed by atoms with van der Waals surface area (Å²) in [5.74, 6) is -0.103. The zero-order valence-corrected chi connectivity index (χ0v) is 13.2. The summed E-state index contributed by atoms with van der Waals surface area (Å²) in [6, 6.07) is 9.40. The van der Waals surface area contributed by atoms with Gasteiger partial charge in [-0.2, -0.15) is 0 Å². The van der Waals surface area contributed by atoms with Crippen LogP contribution in [-0.4, -0.2) is 23.0 Å². The molecule has 2 aromatic carbocycles. The van der Waals surface area contributed by atoms with Crippen LogP contribution in [-0.2, 0) is 4.74 Å². The van der Waals surface area contributed by atoms with Crippen molar-refractivity contribution in [2.45, 2.75) is 6.92 Å². The molecule has 0 saturated carbocycles. The molecule has 0 aliphatic rings. The van der Waals surface area contributed by atoms with Crippen molar-refractivity contribution in [3.8, 4) is 28.6 Å². The van der Waals surface area contributed by atoms with Gasteiger partial charge in [0.25, 0.3) is 0 Å². The molecule has 0 saturated heterocycles. The van der Waals surface area contributed by atoms with Crippen LogP contribution in [0.3, 0.4) is 0 Å². The van der Waals surface area contributed by atoms with Crippen LogP contribution in [0, 0.1) is 0 Å². The molecule has 1 heterocycles. The molecule has 3 aromatic rings. The first-order chi connectivity index (χ1) is 12.0. The molecule has 7 nitrogen and oxygen atoms in total. The van der Waals surface area contributed by atoms with Gasteiger partial charge in [-0.1, -0.05) is 0 Å². The third kappa shape index (κ3) is 3.40. The summed E-state index contributed by atoms with van der Waals surface area (Å²) >= 11 is 0. The maximum Gasteiger partial charge on any atom is 0.513 e. The number of fused-ring (bicyclic) bond motifs is 1. The van der Waals surface area contributed by atoms with E-state index >= 15 is 0 Å². The van der Waals surface area contributed by atoms with Crippen molar-refractivity contribution >= 4 is 17.1 Å². The number of hydrogen-bond donors (Lipinski definition) is 2. The van der Waals surface area contributed by atoms with E-state index < -0.39 is 6.16 Å². The number of hydrogen-bond acceptors (Lipinski definition) is 7. The summed E-state index contributed by atoms with van der Waals surface area (Å²) in [5.41, 5.74) is 0.122. The second-order valence-electron chi connectivity index (χ2n) is 5.12. The lowest BCUT2D eigenvalue weighted by Gasteiger charge is -2.10. The quantitative estimate of drug-likeness (QED) is 0.555. The van der Waals surface area contributed by atoms with Crippen molar-refractivity contribution in [2.75, 3.05) is 6.61 Å². The van der Waals surface area contributed by atoms with Crippen LogP contribution in [0.15, 0.2) is 51.7 Å². The Hall–Kier alpha value is -3.48. The molecule has 0 unspecified atom stereocenters. The van der Waals surface area contributed by atoms with Gasteiger partial charge in [0.05, 0.1) is 17.6 Å². The van der Waals surface area contributed by atoms with Crippen LogP contribution in [0.4, 0.5) is 4.79 Å². The van der Waals surface area contributed by atoms with Gasteiger partial charge in [0.2, 0.25) is 0 Å². The Morgan fingerprint density at radius 1 is 1.08 bits per heavy atom. The van der Waals surface area contributed by atoms with E-state index in [1.807, 2.05) is 0 Å². The number of ether oxygens (including phenoxy) is 2. The van der Waals surface area contributed by atoms with Gasteiger partial charge in [0.15, 0.2) is 5.43 Å². The van der Waals surface area contributed by atoms with Crippen LogP contribution in [0.5, 0.6) is 17.2 Å². The Balaban J connectivity index is 2.14. The first kappa shape index (κ1) is 16.4. The van der Waals surface area contributed by atoms with E-state index in [0.29, 0.717) is 5.39 Å². The fourth-order valence-corrected chi connectivity index (χ4v) is 2.31. The second kappa shape index (κ2) is 6.56. The Morgan fingerprint density at radius 2 is 1.80 bits per heavy atom. The van der Waals surface area contributed by atoms with Crippen molar-refractivity contribution in [3.05, 3.63) is 52.7 Å². The molecule has 128 valence electrons. The summed E-state index contributed by atoms with van der Waals surface area (Å²) < 4.78 is 15.4. The molecule has 2 N–H and O–H groups in total. The SMILES string of the molecule is CCOC(=O)Oc1cc(O)ccc1-c1cc(=O)c2ccc(O)cc2o1. The lowest BCUT2D eigenvalue weighted by Crippen LogP contribution is -2.11. The Labute approximate surface area is 141 Å². The average molecular weight is 342 g/mol. The number of phenols is 2. The van der Waals surface area contributed by atoms with Crippen molar-refractivity contribution in [3.63, 3.8) is 0 Å². The summed E-state index contributed by atoms with van der Waals surface area (Å²) in [7, 11) is 0. The molecule has 25 heavy (non-hydrogen) atoms. The van der Waals surface area contributed by atoms with E-state index in [4.69, 9.17) is 13.9 Å². The van der Waals surface area contributed by atoms with E-state index in [9.17, 15) is 19.8 Å². The Kier molecular flexibility index (Phi) is 4.30. The van der Waals surface area contributed by atoms with Crippen LogP contribution in [0.1, 0.15) is 6.92 Å². The highest BCUT2D eigenvalue weighted by molar-refractivity contribution is 5.81. The Bertz CT molecular complexity index is 1000. The van der Waals surface area contributed by atoms with Gasteiger partial charge < -0.3 is 24.1 Å². The fourth-order valence-electron chi connectivity index (χ4n) is 2.31. The highest BCUT2D eigenvalue weighted by atomic mass is 16.7. The standard InChI is InChI=1S/C18H14O7/c1-2-23-18(22)25-16-8-11(20)4-6-13(16)17-9-14(21)12-5-3-10(19)7-15(12)24-17/h3-9,19-20H,2H2,1H3. The molecule has 0 aliphatic heterocycles. The summed E-state index contributed by atoms with van der Waals surface area (Å²) in [4.78, 5) is 23.8. The minimum absolute atomic E-state index is 0.0268. The van der Waals surface area contributed by atoms with Crippen LogP contribution in [0.2, 0.25) is 0 Å². The average Bonchev–Trinajstić information content (AvgIpc) is 2.54. The van der Waals surface area contributed by atoms with E-state index in [2.05, 4.69) is 0 Å². The van der Waals surface area contributed by atoms with Gasteiger partial charge in [-0.25, -0.2) is 4.79 Å². The molecule has 0 radical (unpaired) electrons. The number of aromatic hydroxyl groups is 2. The van der Waals surface area contributed by atoms with Gasteiger partial charge in [0, 0.05) is 18.2 Å². The molecule has 0 fully saturated rings. The van der Waals surface area contributed by atoms with E-state index in [0.717, 1.165) is 0 Å². The largest absolute Gasteiger partial charge is 0.513 e. The highest BCUT2D eigenvalue weighted by Gasteiger charge is 2.16. The highest BCUT2D eigenvalue weighted by Crippen LogP contribution is 2.34. The predicted molar refractivity (Wildman–Crippen MR) is 88.9 cm³/mol. The minimum atomic E-state index is -0.949. The first-order valence-corrected chi connectivity index (χ1v) is 7.43. The van der Waals surface area contributed by atoms with Crippen LogP contribution >= 0.6 is 0 Å². The molecule has 0 bridgehead atoms. The minimum Gasteiger partial charge on any atom is -0.508 e. The van der Waals surface area contributed by atoms with Gasteiger partial charge >= 0.3 is 6.16 Å². The number of rotatable bonds is 3. The van der Waals surface area contributed by atoms with Gasteiger partial charge in [-0.3, -0.25) is 4.79 Å². The number of carbonyl (C=O) groups excluding carboxylic acids is 1. The number of phenolic OH excluding ortho intramolecular Hbond substituents is 2. The second-order valence-corrected chi connectivity index (χ2v) is 5.12. The molecule has 1 aromatic heterocycles. The topological polar surface area (TPSA) is 106 Å². The van der Waals surface area contributed by atoms with Crippen molar-refractivity contribution in [2.24, 2.45) is 0 Å².